The average molecular weight is 484 g/mol. The molecule has 1 unspecified atom stereocenters. The summed E-state index contributed by atoms with van der Waals surface area (Å²) in [6.07, 6.45) is 1.63. The molecular weight excluding hydrogens is 462 g/mol. The molecule has 2 aliphatic heterocycles. The van der Waals surface area contributed by atoms with Gasteiger partial charge in [0.1, 0.15) is 4.91 Å². The van der Waals surface area contributed by atoms with Gasteiger partial charge in [0.25, 0.3) is 0 Å². The monoisotopic (exact) mass is 483 g/mol. The number of hydrogen-bond acceptors (Lipinski definition) is 8. The molecule has 150 valence electrons. The van der Waals surface area contributed by atoms with E-state index in [1.165, 1.54) is 30.4 Å². The zero-order valence-corrected chi connectivity index (χ0v) is 19.4. The molecule has 1 aromatic rings. The number of nitrogens with zero attached hydrogens (tertiary/aromatic N) is 3. The highest BCUT2D eigenvalue weighted by Gasteiger charge is 2.56. The van der Waals surface area contributed by atoms with Crippen molar-refractivity contribution in [1.82, 2.24) is 4.90 Å². The second-order valence-corrected chi connectivity index (χ2v) is 9.82. The number of anilines is 1. The van der Waals surface area contributed by atoms with E-state index in [0.29, 0.717) is 16.6 Å². The van der Waals surface area contributed by atoms with Gasteiger partial charge < -0.3 is 9.64 Å². The van der Waals surface area contributed by atoms with Crippen molar-refractivity contribution in [2.45, 2.75) is 37.9 Å². The number of allylic oxidation sites excluding steroid dienone is 1. The van der Waals surface area contributed by atoms with Crippen LogP contribution >= 0.6 is 39.5 Å². The zero-order valence-electron chi connectivity index (χ0n) is 16.2. The minimum Gasteiger partial charge on any atom is -0.462 e. The fourth-order valence-electron chi connectivity index (χ4n) is 3.02. The summed E-state index contributed by atoms with van der Waals surface area (Å²) in [6, 6.07) is 7.74. The third-order valence-electron chi connectivity index (χ3n) is 4.33. The number of ketones is 1. The number of Topliss-reactive ketones (excluding diaryl/α,β-unsaturated/α-hetero) is 1. The molecular formula is C19H22BrN3O3S2. The summed E-state index contributed by atoms with van der Waals surface area (Å²) in [5.74, 6) is -0.424. The molecule has 0 aliphatic carbocycles. The molecule has 0 saturated heterocycles. The molecule has 9 heteroatoms. The smallest absolute Gasteiger partial charge is 0.346 e. The topological polar surface area (TPSA) is 62.2 Å². The number of halogens is 1. The first-order chi connectivity index (χ1) is 13.3. The Morgan fingerprint density at radius 3 is 2.46 bits per heavy atom. The van der Waals surface area contributed by atoms with Gasteiger partial charge in [-0.25, -0.2) is 9.80 Å². The van der Waals surface area contributed by atoms with Gasteiger partial charge in [-0.1, -0.05) is 41.0 Å². The lowest BCUT2D eigenvalue weighted by Crippen LogP contribution is -2.47. The van der Waals surface area contributed by atoms with Crippen LogP contribution in [0.25, 0.3) is 0 Å². The Morgan fingerprint density at radius 1 is 1.21 bits per heavy atom. The van der Waals surface area contributed by atoms with Crippen molar-refractivity contribution in [1.29, 1.82) is 0 Å². The van der Waals surface area contributed by atoms with Crippen molar-refractivity contribution in [2.75, 3.05) is 18.7 Å². The summed E-state index contributed by atoms with van der Waals surface area (Å²) in [5, 5.41) is 6.86. The molecule has 0 fully saturated rings. The first-order valence-electron chi connectivity index (χ1n) is 9.01. The molecule has 6 nitrogen and oxygen atoms in total. The maximum Gasteiger partial charge on any atom is 0.346 e. The number of hydrogen-bond donors (Lipinski definition) is 0. The van der Waals surface area contributed by atoms with Gasteiger partial charge in [0.05, 0.1) is 12.3 Å². The predicted octanol–water partition coefficient (Wildman–Crippen LogP) is 4.77. The third kappa shape index (κ3) is 3.71. The van der Waals surface area contributed by atoms with Gasteiger partial charge in [-0.15, -0.1) is 0 Å². The predicted molar refractivity (Wildman–Crippen MR) is 119 cm³/mol. The van der Waals surface area contributed by atoms with E-state index in [2.05, 4.69) is 32.9 Å². The lowest BCUT2D eigenvalue weighted by molar-refractivity contribution is -0.137. The minimum atomic E-state index is -0.776. The maximum absolute atomic E-state index is 12.7. The van der Waals surface area contributed by atoms with E-state index in [1.807, 2.05) is 36.3 Å². The summed E-state index contributed by atoms with van der Waals surface area (Å²) in [6.45, 7) is 5.70. The number of carbonyl (C=O) groups is 2. The molecule has 2 heterocycles. The highest BCUT2D eigenvalue weighted by atomic mass is 79.9. The van der Waals surface area contributed by atoms with E-state index in [1.54, 1.807) is 6.92 Å². The SMILES string of the molecule is CCCC1=C(C(=O)OCC)SC2(SC(C(C)=O)=NN2c2ccc(Br)cc2)N1C. The van der Waals surface area contributed by atoms with Crippen LogP contribution < -0.4 is 5.01 Å². The fraction of sp³-hybridized carbons (Fsp3) is 0.421. The molecule has 28 heavy (non-hydrogen) atoms. The van der Waals surface area contributed by atoms with Gasteiger partial charge in [0.15, 0.2) is 10.8 Å². The molecule has 1 spiro atoms. The van der Waals surface area contributed by atoms with Crippen LogP contribution in [-0.2, 0) is 14.3 Å². The normalized spacial score (nSPS) is 21.5. The number of rotatable bonds is 6. The highest BCUT2D eigenvalue weighted by molar-refractivity contribution is 9.10. The molecule has 2 aliphatic rings. The summed E-state index contributed by atoms with van der Waals surface area (Å²) < 4.78 is 5.48. The first-order valence-corrected chi connectivity index (χ1v) is 11.4. The molecule has 0 aromatic heterocycles. The standard InChI is InChI=1S/C19H22BrN3O3S2/c1-5-7-15-16(18(25)26-6-2)27-19(22(15)4)23(21-17(28-19)12(3)24)14-10-8-13(20)9-11-14/h8-11H,5-7H2,1-4H3. The molecule has 0 N–H and O–H groups in total. The number of hydrazone groups is 1. The van der Waals surface area contributed by atoms with Crippen LogP contribution in [0.15, 0.2) is 44.4 Å². The quantitative estimate of drug-likeness (QED) is 0.539. The van der Waals surface area contributed by atoms with Crippen LogP contribution in [-0.4, -0.2) is 39.7 Å². The molecule has 0 amide bonds. The Kier molecular flexibility index (Phi) is 6.46. The van der Waals surface area contributed by atoms with Gasteiger partial charge in [0, 0.05) is 24.1 Å². The van der Waals surface area contributed by atoms with Crippen molar-refractivity contribution in [3.05, 3.63) is 39.3 Å². The van der Waals surface area contributed by atoms with Crippen molar-refractivity contribution >= 4 is 61.9 Å². The van der Waals surface area contributed by atoms with Gasteiger partial charge in [-0.3, -0.25) is 4.79 Å². The number of carbonyl (C=O) groups excluding carboxylic acids is 2. The number of benzene rings is 1. The Bertz CT molecular complexity index is 856. The van der Waals surface area contributed by atoms with Gasteiger partial charge in [-0.05, 0) is 49.4 Å². The van der Waals surface area contributed by atoms with Crippen LogP contribution in [0.1, 0.15) is 33.6 Å². The van der Waals surface area contributed by atoms with E-state index in [0.717, 1.165) is 28.7 Å². The van der Waals surface area contributed by atoms with Gasteiger partial charge in [0.2, 0.25) is 4.33 Å². The van der Waals surface area contributed by atoms with Crippen molar-refractivity contribution in [3.8, 4) is 0 Å². The molecule has 0 bridgehead atoms. The van der Waals surface area contributed by atoms with E-state index >= 15 is 0 Å². The van der Waals surface area contributed by atoms with Crippen LogP contribution in [0.4, 0.5) is 5.69 Å². The molecule has 1 atom stereocenters. The van der Waals surface area contributed by atoms with Gasteiger partial charge in [-0.2, -0.15) is 5.10 Å². The van der Waals surface area contributed by atoms with Crippen LogP contribution in [0.3, 0.4) is 0 Å². The molecule has 0 saturated carbocycles. The van der Waals surface area contributed by atoms with Crippen LogP contribution in [0, 0.1) is 0 Å². The Morgan fingerprint density at radius 2 is 1.89 bits per heavy atom. The lowest BCUT2D eigenvalue weighted by atomic mass is 10.2. The number of ether oxygens (including phenoxy) is 1. The minimum absolute atomic E-state index is 0.0976. The second-order valence-electron chi connectivity index (χ2n) is 6.31. The van der Waals surface area contributed by atoms with Gasteiger partial charge >= 0.3 is 5.97 Å². The van der Waals surface area contributed by atoms with E-state index in [-0.39, 0.29) is 11.8 Å². The van der Waals surface area contributed by atoms with E-state index < -0.39 is 4.33 Å². The second kappa shape index (κ2) is 8.51. The third-order valence-corrected chi connectivity index (χ3v) is 7.96. The van der Waals surface area contributed by atoms with Crippen molar-refractivity contribution in [3.63, 3.8) is 0 Å². The summed E-state index contributed by atoms with van der Waals surface area (Å²) in [5.41, 5.74) is 1.76. The number of thioether (sulfide) groups is 2. The van der Waals surface area contributed by atoms with E-state index in [9.17, 15) is 9.59 Å². The maximum atomic E-state index is 12.7. The largest absolute Gasteiger partial charge is 0.462 e. The Labute approximate surface area is 181 Å². The average Bonchev–Trinajstić information content (AvgIpc) is 3.17. The molecule has 0 radical (unpaired) electrons. The molecule has 1 aromatic carbocycles. The zero-order chi connectivity index (χ0) is 20.5. The number of esters is 1. The van der Waals surface area contributed by atoms with Crippen molar-refractivity contribution in [2.24, 2.45) is 5.10 Å². The van der Waals surface area contributed by atoms with Crippen LogP contribution in [0.2, 0.25) is 0 Å². The molecule has 3 rings (SSSR count). The summed E-state index contributed by atoms with van der Waals surface area (Å²) in [4.78, 5) is 27.4. The highest BCUT2D eigenvalue weighted by Crippen LogP contribution is 2.59. The first kappa shape index (κ1) is 21.3. The fourth-order valence-corrected chi connectivity index (χ4v) is 6.18. The van der Waals surface area contributed by atoms with Crippen LogP contribution in [0.5, 0.6) is 0 Å². The van der Waals surface area contributed by atoms with E-state index in [4.69, 9.17) is 4.74 Å². The van der Waals surface area contributed by atoms with Crippen molar-refractivity contribution < 1.29 is 14.3 Å². The summed E-state index contributed by atoms with van der Waals surface area (Å²) >= 11 is 6.21. The summed E-state index contributed by atoms with van der Waals surface area (Å²) in [7, 11) is 1.95. The Balaban J connectivity index is 2.06. The lowest BCUT2D eigenvalue weighted by Gasteiger charge is -2.39. The Hall–Kier alpha value is -1.45.